The zero-order valence-corrected chi connectivity index (χ0v) is 13.4. The third kappa shape index (κ3) is 2.99. The van der Waals surface area contributed by atoms with Crippen LogP contribution in [0.4, 0.5) is 19.0 Å². The Hall–Kier alpha value is -3.36. The minimum Gasteiger partial charge on any atom is -0.478 e. The Kier molecular flexibility index (Phi) is 4.37. The highest BCUT2D eigenvalue weighted by Crippen LogP contribution is 2.32. The molecule has 0 aliphatic heterocycles. The van der Waals surface area contributed by atoms with Gasteiger partial charge < -0.3 is 10.8 Å². The van der Waals surface area contributed by atoms with Gasteiger partial charge in [0.05, 0.1) is 11.8 Å². The van der Waals surface area contributed by atoms with Crippen molar-refractivity contribution < 1.29 is 23.1 Å². The summed E-state index contributed by atoms with van der Waals surface area (Å²) in [4.78, 5) is 15.0. The molecule has 0 atom stereocenters. The molecule has 3 aromatic rings. The van der Waals surface area contributed by atoms with Crippen molar-refractivity contribution >= 4 is 11.8 Å². The van der Waals surface area contributed by atoms with Gasteiger partial charge in [-0.3, -0.25) is 0 Å². The minimum absolute atomic E-state index is 0.0927. The van der Waals surface area contributed by atoms with Gasteiger partial charge in [-0.1, -0.05) is 6.07 Å². The minimum atomic E-state index is -2.78. The molecular formula is C17H13F3N4O2. The molecule has 0 bridgehead atoms. The molecule has 0 saturated carbocycles. The first-order valence-electron chi connectivity index (χ1n) is 7.41. The number of nitrogens with two attached hydrogens (primary N) is 1. The summed E-state index contributed by atoms with van der Waals surface area (Å²) in [5, 5.41) is 12.5. The normalized spacial score (nSPS) is 11.1. The number of hydrogen-bond acceptors (Lipinski definition) is 4. The second-order valence-corrected chi connectivity index (χ2v) is 5.52. The van der Waals surface area contributed by atoms with E-state index in [0.717, 1.165) is 12.1 Å². The Labute approximate surface area is 145 Å². The largest absolute Gasteiger partial charge is 0.478 e. The lowest BCUT2D eigenvalue weighted by Crippen LogP contribution is -2.02. The highest BCUT2D eigenvalue weighted by molar-refractivity contribution is 5.89. The van der Waals surface area contributed by atoms with Crippen molar-refractivity contribution in [3.05, 3.63) is 53.7 Å². The molecule has 0 unspecified atom stereocenters. The van der Waals surface area contributed by atoms with Crippen LogP contribution in [0, 0.1) is 12.7 Å². The maximum Gasteiger partial charge on any atom is 0.338 e. The van der Waals surface area contributed by atoms with Crippen molar-refractivity contribution in [2.75, 3.05) is 5.73 Å². The summed E-state index contributed by atoms with van der Waals surface area (Å²) in [6.07, 6.45) is 2.69. The monoisotopic (exact) mass is 362 g/mol. The van der Waals surface area contributed by atoms with Crippen LogP contribution in [0.15, 0.2) is 36.7 Å². The number of carboxylic acids is 1. The molecule has 0 amide bonds. The maximum absolute atomic E-state index is 14.0. The smallest absolute Gasteiger partial charge is 0.338 e. The second kappa shape index (κ2) is 6.51. The topological polar surface area (TPSA) is 94.0 Å². The number of halogens is 3. The molecule has 1 aromatic carbocycles. The lowest BCUT2D eigenvalue weighted by atomic mass is 10.00. The summed E-state index contributed by atoms with van der Waals surface area (Å²) in [6, 6.07) is 5.13. The van der Waals surface area contributed by atoms with Crippen molar-refractivity contribution in [3.63, 3.8) is 0 Å². The van der Waals surface area contributed by atoms with Crippen LogP contribution in [-0.4, -0.2) is 25.8 Å². The fraction of sp³-hybridized carbons (Fsp3) is 0.118. The number of benzene rings is 1. The van der Waals surface area contributed by atoms with E-state index in [-0.39, 0.29) is 11.5 Å². The highest BCUT2D eigenvalue weighted by atomic mass is 19.3. The molecule has 9 heteroatoms. The van der Waals surface area contributed by atoms with Crippen molar-refractivity contribution in [1.29, 1.82) is 0 Å². The van der Waals surface area contributed by atoms with Gasteiger partial charge in [0, 0.05) is 28.6 Å². The van der Waals surface area contributed by atoms with E-state index in [1.165, 1.54) is 25.4 Å². The number of anilines is 1. The van der Waals surface area contributed by atoms with Crippen LogP contribution in [0.25, 0.3) is 22.3 Å². The summed E-state index contributed by atoms with van der Waals surface area (Å²) >= 11 is 0. The Balaban J connectivity index is 2.09. The van der Waals surface area contributed by atoms with Crippen LogP contribution in [0.3, 0.4) is 0 Å². The quantitative estimate of drug-likeness (QED) is 0.737. The number of carboxylic acid groups (broad SMARTS) is 1. The highest BCUT2D eigenvalue weighted by Gasteiger charge is 2.17. The van der Waals surface area contributed by atoms with Crippen molar-refractivity contribution in [2.45, 2.75) is 13.5 Å². The molecule has 3 rings (SSSR count). The van der Waals surface area contributed by atoms with Crippen molar-refractivity contribution in [2.24, 2.45) is 0 Å². The predicted molar refractivity (Wildman–Crippen MR) is 88.2 cm³/mol. The van der Waals surface area contributed by atoms with Crippen LogP contribution in [0.1, 0.15) is 22.6 Å². The van der Waals surface area contributed by atoms with Crippen LogP contribution in [0.2, 0.25) is 0 Å². The zero-order valence-electron chi connectivity index (χ0n) is 13.4. The number of aromatic carboxylic acids is 1. The molecule has 3 N–H and O–H groups in total. The lowest BCUT2D eigenvalue weighted by molar-refractivity contribution is 0.0544. The van der Waals surface area contributed by atoms with Gasteiger partial charge in [-0.05, 0) is 30.7 Å². The number of hydrogen-bond donors (Lipinski definition) is 2. The lowest BCUT2D eigenvalue weighted by Gasteiger charge is -2.09. The molecule has 2 heterocycles. The summed E-state index contributed by atoms with van der Waals surface area (Å²) in [5.74, 6) is -2.21. The van der Waals surface area contributed by atoms with Crippen molar-refractivity contribution in [3.8, 4) is 22.3 Å². The number of pyridine rings is 1. The number of aromatic nitrogens is 3. The van der Waals surface area contributed by atoms with E-state index >= 15 is 0 Å². The number of nitrogen functional groups attached to an aromatic ring is 1. The van der Waals surface area contributed by atoms with Gasteiger partial charge in [0.25, 0.3) is 0 Å². The first kappa shape index (κ1) is 17.5. The average Bonchev–Trinajstić information content (AvgIpc) is 2.96. The molecule has 0 spiro atoms. The third-order valence-corrected chi connectivity index (χ3v) is 3.97. The van der Waals surface area contributed by atoms with E-state index in [2.05, 4.69) is 10.1 Å². The van der Waals surface area contributed by atoms with Gasteiger partial charge in [-0.15, -0.1) is 0 Å². The number of nitrogens with zero attached hydrogens (tertiary/aromatic N) is 3. The van der Waals surface area contributed by atoms with Gasteiger partial charge in [0.1, 0.15) is 11.6 Å². The van der Waals surface area contributed by atoms with Crippen LogP contribution >= 0.6 is 0 Å². The zero-order chi connectivity index (χ0) is 19.0. The molecule has 0 saturated heterocycles. The molecule has 0 fully saturated rings. The SMILES string of the molecule is Cc1c(-c2cnc(N)c(-c3ccc(C(=O)O)c(F)c3)c2)cnn1C(F)F. The van der Waals surface area contributed by atoms with E-state index in [9.17, 15) is 18.0 Å². The van der Waals surface area contributed by atoms with Crippen molar-refractivity contribution in [1.82, 2.24) is 14.8 Å². The van der Waals surface area contributed by atoms with E-state index in [1.807, 2.05) is 0 Å². The molecule has 0 aliphatic carbocycles. The third-order valence-electron chi connectivity index (χ3n) is 3.97. The predicted octanol–water partition coefficient (Wildman–Crippen LogP) is 3.74. The molecule has 2 aromatic heterocycles. The fourth-order valence-electron chi connectivity index (χ4n) is 2.61. The van der Waals surface area contributed by atoms with Gasteiger partial charge in [-0.25, -0.2) is 18.9 Å². The Morgan fingerprint density at radius 1 is 1.19 bits per heavy atom. The summed E-state index contributed by atoms with van der Waals surface area (Å²) in [6.45, 7) is -1.28. The fourth-order valence-corrected chi connectivity index (χ4v) is 2.61. The Bertz CT molecular complexity index is 1000. The van der Waals surface area contributed by atoms with Gasteiger partial charge in [0.2, 0.25) is 0 Å². The average molecular weight is 362 g/mol. The van der Waals surface area contributed by atoms with Crippen LogP contribution < -0.4 is 5.73 Å². The summed E-state index contributed by atoms with van der Waals surface area (Å²) in [7, 11) is 0. The maximum atomic E-state index is 14.0. The summed E-state index contributed by atoms with van der Waals surface area (Å²) in [5.41, 5.74) is 7.19. The summed E-state index contributed by atoms with van der Waals surface area (Å²) < 4.78 is 40.3. The van der Waals surface area contributed by atoms with E-state index in [4.69, 9.17) is 10.8 Å². The Morgan fingerprint density at radius 3 is 2.50 bits per heavy atom. The van der Waals surface area contributed by atoms with Gasteiger partial charge in [0.15, 0.2) is 0 Å². The first-order valence-corrected chi connectivity index (χ1v) is 7.41. The molecular weight excluding hydrogens is 349 g/mol. The van der Waals surface area contributed by atoms with Gasteiger partial charge in [-0.2, -0.15) is 13.9 Å². The Morgan fingerprint density at radius 2 is 1.92 bits per heavy atom. The first-order chi connectivity index (χ1) is 12.3. The van der Waals surface area contributed by atoms with Crippen LogP contribution in [-0.2, 0) is 0 Å². The molecule has 0 radical (unpaired) electrons. The molecule has 26 heavy (non-hydrogen) atoms. The van der Waals surface area contributed by atoms with E-state index in [0.29, 0.717) is 26.9 Å². The standard InChI is InChI=1S/C17H13F3N4O2/c1-8-13(7-23-24(8)17(19)20)10-4-12(15(21)22-6-10)9-2-3-11(16(25)26)14(18)5-9/h2-7,17H,1H3,(H2,21,22)(H,25,26). The van der Waals surface area contributed by atoms with Crippen LogP contribution in [0.5, 0.6) is 0 Å². The number of carbonyl (C=O) groups is 1. The second-order valence-electron chi connectivity index (χ2n) is 5.52. The number of alkyl halides is 2. The van der Waals surface area contributed by atoms with E-state index in [1.54, 1.807) is 6.07 Å². The molecule has 134 valence electrons. The molecule has 0 aliphatic rings. The molecule has 6 nitrogen and oxygen atoms in total. The van der Waals surface area contributed by atoms with Gasteiger partial charge >= 0.3 is 12.5 Å². The van der Waals surface area contributed by atoms with E-state index < -0.39 is 23.9 Å². The number of rotatable bonds is 4.